The molecule has 0 saturated carbocycles. The molecule has 0 spiro atoms. The van der Waals surface area contributed by atoms with Gasteiger partial charge in [-0.2, -0.15) is 0 Å². The van der Waals surface area contributed by atoms with Crippen LogP contribution in [-0.2, 0) is 4.74 Å². The van der Waals surface area contributed by atoms with E-state index in [9.17, 15) is 0 Å². The summed E-state index contributed by atoms with van der Waals surface area (Å²) in [5, 5.41) is 0. The Morgan fingerprint density at radius 1 is 1.24 bits per heavy atom. The second-order valence-electron chi connectivity index (χ2n) is 4.95. The normalized spacial score (nSPS) is 19.5. The Kier molecular flexibility index (Phi) is 4.43. The summed E-state index contributed by atoms with van der Waals surface area (Å²) in [6.45, 7) is 5.95. The molecule has 94 valence electrons. The minimum Gasteiger partial charge on any atom is -0.494 e. The lowest BCUT2D eigenvalue weighted by Gasteiger charge is -2.11. The quantitative estimate of drug-likeness (QED) is 0.724. The molecule has 0 aliphatic carbocycles. The van der Waals surface area contributed by atoms with Gasteiger partial charge in [-0.25, -0.2) is 0 Å². The maximum Gasteiger partial charge on any atom is 0.119 e. The third-order valence-electron chi connectivity index (χ3n) is 3.16. The minimum absolute atomic E-state index is 0.484. The molecule has 0 radical (unpaired) electrons. The first kappa shape index (κ1) is 12.4. The molecule has 1 atom stereocenters. The molecule has 1 unspecified atom stereocenters. The maximum absolute atomic E-state index is 5.77. The van der Waals surface area contributed by atoms with Gasteiger partial charge < -0.3 is 9.47 Å². The van der Waals surface area contributed by atoms with Crippen molar-refractivity contribution in [3.63, 3.8) is 0 Å². The van der Waals surface area contributed by atoms with Crippen LogP contribution in [0.3, 0.4) is 0 Å². The maximum atomic E-state index is 5.77. The SMILES string of the molecule is Cc1cc(C)cc(OCCCC2CCCO2)c1. The van der Waals surface area contributed by atoms with Crippen molar-refractivity contribution in [2.75, 3.05) is 13.2 Å². The second kappa shape index (κ2) is 6.06. The number of rotatable bonds is 5. The van der Waals surface area contributed by atoms with E-state index in [0.717, 1.165) is 31.8 Å². The van der Waals surface area contributed by atoms with Gasteiger partial charge in [0.25, 0.3) is 0 Å². The van der Waals surface area contributed by atoms with E-state index in [-0.39, 0.29) is 0 Å². The molecule has 1 saturated heterocycles. The van der Waals surface area contributed by atoms with Crippen molar-refractivity contribution in [1.82, 2.24) is 0 Å². The van der Waals surface area contributed by atoms with Crippen molar-refractivity contribution in [3.05, 3.63) is 29.3 Å². The van der Waals surface area contributed by atoms with Crippen LogP contribution in [-0.4, -0.2) is 19.3 Å². The Bertz CT molecular complexity index is 334. The van der Waals surface area contributed by atoms with Crippen molar-refractivity contribution in [2.45, 2.75) is 45.6 Å². The van der Waals surface area contributed by atoms with Gasteiger partial charge in [0.1, 0.15) is 5.75 Å². The molecular formula is C15H22O2. The van der Waals surface area contributed by atoms with Crippen molar-refractivity contribution in [2.24, 2.45) is 0 Å². The zero-order valence-electron chi connectivity index (χ0n) is 10.9. The Morgan fingerprint density at radius 3 is 2.65 bits per heavy atom. The fraction of sp³-hybridized carbons (Fsp3) is 0.600. The average molecular weight is 234 g/mol. The fourth-order valence-electron chi connectivity index (χ4n) is 2.39. The fourth-order valence-corrected chi connectivity index (χ4v) is 2.39. The molecule has 1 aromatic rings. The van der Waals surface area contributed by atoms with Crippen LogP contribution in [0, 0.1) is 13.8 Å². The lowest BCUT2D eigenvalue weighted by molar-refractivity contribution is 0.0981. The van der Waals surface area contributed by atoms with Crippen molar-refractivity contribution in [1.29, 1.82) is 0 Å². The average Bonchev–Trinajstić information content (AvgIpc) is 2.76. The largest absolute Gasteiger partial charge is 0.494 e. The standard InChI is InChI=1S/C15H22O2/c1-12-9-13(2)11-15(10-12)17-8-4-6-14-5-3-7-16-14/h9-11,14H,3-8H2,1-2H3. The van der Waals surface area contributed by atoms with Crippen LogP contribution in [0.1, 0.15) is 36.8 Å². The summed E-state index contributed by atoms with van der Waals surface area (Å²) >= 11 is 0. The van der Waals surface area contributed by atoms with Gasteiger partial charge >= 0.3 is 0 Å². The van der Waals surface area contributed by atoms with E-state index in [1.807, 2.05) is 0 Å². The third kappa shape index (κ3) is 4.04. The summed E-state index contributed by atoms with van der Waals surface area (Å²) in [6.07, 6.45) is 5.15. The van der Waals surface area contributed by atoms with E-state index in [4.69, 9.17) is 9.47 Å². The van der Waals surface area contributed by atoms with E-state index in [1.54, 1.807) is 0 Å². The molecule has 1 heterocycles. The highest BCUT2D eigenvalue weighted by atomic mass is 16.5. The predicted octanol–water partition coefficient (Wildman–Crippen LogP) is 3.64. The van der Waals surface area contributed by atoms with E-state index >= 15 is 0 Å². The molecule has 1 fully saturated rings. The van der Waals surface area contributed by atoms with Crippen LogP contribution >= 0.6 is 0 Å². The number of ether oxygens (including phenoxy) is 2. The number of hydrogen-bond donors (Lipinski definition) is 0. The third-order valence-corrected chi connectivity index (χ3v) is 3.16. The van der Waals surface area contributed by atoms with Gasteiger partial charge in [0.15, 0.2) is 0 Å². The summed E-state index contributed by atoms with van der Waals surface area (Å²) in [4.78, 5) is 0. The van der Waals surface area contributed by atoms with Crippen molar-refractivity contribution < 1.29 is 9.47 Å². The van der Waals surface area contributed by atoms with E-state index in [2.05, 4.69) is 32.0 Å². The number of hydrogen-bond acceptors (Lipinski definition) is 2. The minimum atomic E-state index is 0.484. The van der Waals surface area contributed by atoms with E-state index < -0.39 is 0 Å². The van der Waals surface area contributed by atoms with Crippen LogP contribution in [0.25, 0.3) is 0 Å². The highest BCUT2D eigenvalue weighted by Gasteiger charge is 2.14. The Morgan fingerprint density at radius 2 is 2.00 bits per heavy atom. The van der Waals surface area contributed by atoms with Crippen LogP contribution in [0.2, 0.25) is 0 Å². The van der Waals surface area contributed by atoms with Gasteiger partial charge in [-0.05, 0) is 62.8 Å². The van der Waals surface area contributed by atoms with Crippen LogP contribution in [0.4, 0.5) is 0 Å². The summed E-state index contributed by atoms with van der Waals surface area (Å²) in [6, 6.07) is 6.36. The second-order valence-corrected chi connectivity index (χ2v) is 4.95. The Balaban J connectivity index is 1.70. The molecule has 1 aromatic carbocycles. The number of benzene rings is 1. The van der Waals surface area contributed by atoms with Crippen molar-refractivity contribution in [3.8, 4) is 5.75 Å². The van der Waals surface area contributed by atoms with Gasteiger partial charge in [-0.1, -0.05) is 6.07 Å². The molecule has 17 heavy (non-hydrogen) atoms. The monoisotopic (exact) mass is 234 g/mol. The zero-order chi connectivity index (χ0) is 12.1. The molecule has 0 N–H and O–H groups in total. The summed E-state index contributed by atoms with van der Waals surface area (Å²) in [5.41, 5.74) is 2.53. The molecular weight excluding hydrogens is 212 g/mol. The highest BCUT2D eigenvalue weighted by molar-refractivity contribution is 5.32. The van der Waals surface area contributed by atoms with Gasteiger partial charge in [0, 0.05) is 6.61 Å². The Hall–Kier alpha value is -1.02. The summed E-state index contributed by atoms with van der Waals surface area (Å²) in [7, 11) is 0. The van der Waals surface area contributed by atoms with Crippen LogP contribution in [0.5, 0.6) is 5.75 Å². The van der Waals surface area contributed by atoms with Gasteiger partial charge in [-0.15, -0.1) is 0 Å². The van der Waals surface area contributed by atoms with Gasteiger partial charge in [-0.3, -0.25) is 0 Å². The van der Waals surface area contributed by atoms with Crippen LogP contribution < -0.4 is 4.74 Å². The topological polar surface area (TPSA) is 18.5 Å². The zero-order valence-corrected chi connectivity index (χ0v) is 10.9. The van der Waals surface area contributed by atoms with E-state index in [0.29, 0.717) is 6.10 Å². The lowest BCUT2D eigenvalue weighted by Crippen LogP contribution is -2.07. The molecule has 1 aliphatic heterocycles. The van der Waals surface area contributed by atoms with E-state index in [1.165, 1.54) is 24.0 Å². The Labute approximate surface area is 104 Å². The molecule has 0 amide bonds. The first-order chi connectivity index (χ1) is 8.24. The lowest BCUT2D eigenvalue weighted by atomic mass is 10.1. The first-order valence-corrected chi connectivity index (χ1v) is 6.57. The molecule has 0 bridgehead atoms. The molecule has 2 rings (SSSR count). The first-order valence-electron chi connectivity index (χ1n) is 6.57. The number of aryl methyl sites for hydroxylation is 2. The molecule has 2 nitrogen and oxygen atoms in total. The van der Waals surface area contributed by atoms with Crippen molar-refractivity contribution >= 4 is 0 Å². The predicted molar refractivity (Wildman–Crippen MR) is 69.6 cm³/mol. The van der Waals surface area contributed by atoms with Gasteiger partial charge in [0.2, 0.25) is 0 Å². The summed E-state index contributed by atoms with van der Waals surface area (Å²) in [5.74, 6) is 0.995. The smallest absolute Gasteiger partial charge is 0.119 e. The van der Waals surface area contributed by atoms with Gasteiger partial charge in [0.05, 0.1) is 12.7 Å². The summed E-state index contributed by atoms with van der Waals surface area (Å²) < 4.78 is 11.4. The van der Waals surface area contributed by atoms with Crippen LogP contribution in [0.15, 0.2) is 18.2 Å². The molecule has 1 aliphatic rings. The molecule has 2 heteroatoms. The highest BCUT2D eigenvalue weighted by Crippen LogP contribution is 2.19. The molecule has 0 aromatic heterocycles.